The Balaban J connectivity index is 1.65. The van der Waals surface area contributed by atoms with E-state index in [1.807, 2.05) is 4.90 Å². The van der Waals surface area contributed by atoms with E-state index >= 15 is 0 Å². The number of aliphatic hydroxyl groups excluding tert-OH is 2. The molecule has 1 atom stereocenters. The van der Waals surface area contributed by atoms with Crippen molar-refractivity contribution in [3.05, 3.63) is 18.1 Å². The lowest BCUT2D eigenvalue weighted by atomic mass is 9.91. The number of rotatable bonds is 4. The fraction of sp³-hybridized carbons (Fsp3) is 0.688. The molecule has 1 aromatic heterocycles. The van der Waals surface area contributed by atoms with Gasteiger partial charge in [-0.3, -0.25) is 9.78 Å². The molecule has 2 aliphatic heterocycles. The first-order valence-electron chi connectivity index (χ1n) is 8.34. The summed E-state index contributed by atoms with van der Waals surface area (Å²) in [6.45, 7) is 2.91. The third kappa shape index (κ3) is 3.61. The quantitative estimate of drug-likeness (QED) is 0.828. The first-order valence-corrected chi connectivity index (χ1v) is 8.34. The SMILES string of the molecule is O=C(c1cncc(N2CCC(C(O)CO)CC2)n1)N1CCCC1. The van der Waals surface area contributed by atoms with E-state index in [1.165, 1.54) is 6.20 Å². The molecular weight excluding hydrogens is 296 g/mol. The standard InChI is InChI=1S/C16H24N4O3/c21-11-14(22)12-3-7-19(8-4-12)15-10-17-9-13(18-15)16(23)20-5-1-2-6-20/h9-10,12,14,21-22H,1-8,11H2. The van der Waals surface area contributed by atoms with Crippen LogP contribution in [0.1, 0.15) is 36.2 Å². The Bertz CT molecular complexity index is 540. The summed E-state index contributed by atoms with van der Waals surface area (Å²) >= 11 is 0. The Morgan fingerprint density at radius 2 is 1.91 bits per heavy atom. The number of likely N-dealkylation sites (tertiary alicyclic amines) is 1. The van der Waals surface area contributed by atoms with Crippen LogP contribution in [-0.4, -0.2) is 69.9 Å². The highest BCUT2D eigenvalue weighted by Gasteiger charge is 2.26. The summed E-state index contributed by atoms with van der Waals surface area (Å²) in [7, 11) is 0. The van der Waals surface area contributed by atoms with Crippen LogP contribution in [0, 0.1) is 5.92 Å². The minimum Gasteiger partial charge on any atom is -0.394 e. The number of carbonyl (C=O) groups is 1. The molecule has 0 aromatic carbocycles. The van der Waals surface area contributed by atoms with Gasteiger partial charge >= 0.3 is 0 Å². The van der Waals surface area contributed by atoms with Crippen LogP contribution < -0.4 is 4.90 Å². The van der Waals surface area contributed by atoms with E-state index in [9.17, 15) is 9.90 Å². The summed E-state index contributed by atoms with van der Waals surface area (Å²) in [5.41, 5.74) is 0.405. The molecule has 0 spiro atoms. The maximum Gasteiger partial charge on any atom is 0.274 e. The van der Waals surface area contributed by atoms with Gasteiger partial charge in [0.25, 0.3) is 5.91 Å². The van der Waals surface area contributed by atoms with E-state index < -0.39 is 6.10 Å². The zero-order valence-corrected chi connectivity index (χ0v) is 13.3. The number of hydrogen-bond donors (Lipinski definition) is 2. The number of anilines is 1. The zero-order valence-electron chi connectivity index (χ0n) is 13.3. The summed E-state index contributed by atoms with van der Waals surface area (Å²) in [5, 5.41) is 18.8. The number of aliphatic hydroxyl groups is 2. The van der Waals surface area contributed by atoms with Crippen molar-refractivity contribution in [2.24, 2.45) is 5.92 Å². The van der Waals surface area contributed by atoms with Crippen LogP contribution in [0.5, 0.6) is 0 Å². The van der Waals surface area contributed by atoms with Gasteiger partial charge in [-0.25, -0.2) is 4.98 Å². The predicted molar refractivity (Wildman–Crippen MR) is 85.2 cm³/mol. The number of piperidine rings is 1. The van der Waals surface area contributed by atoms with Crippen molar-refractivity contribution in [1.82, 2.24) is 14.9 Å². The minimum absolute atomic E-state index is 0.0394. The van der Waals surface area contributed by atoms with E-state index in [0.717, 1.165) is 51.9 Å². The van der Waals surface area contributed by atoms with Gasteiger partial charge in [0, 0.05) is 26.2 Å². The first kappa shape index (κ1) is 16.1. The molecule has 0 saturated carbocycles. The molecule has 1 aromatic rings. The maximum absolute atomic E-state index is 12.4. The molecule has 0 radical (unpaired) electrons. The Hall–Kier alpha value is -1.73. The van der Waals surface area contributed by atoms with Crippen molar-refractivity contribution in [3.63, 3.8) is 0 Å². The van der Waals surface area contributed by atoms with Crippen LogP contribution in [0.2, 0.25) is 0 Å². The molecule has 7 nitrogen and oxygen atoms in total. The van der Waals surface area contributed by atoms with Gasteiger partial charge in [-0.1, -0.05) is 0 Å². The highest BCUT2D eigenvalue weighted by atomic mass is 16.3. The molecule has 0 bridgehead atoms. The van der Waals surface area contributed by atoms with Crippen LogP contribution in [-0.2, 0) is 0 Å². The number of amides is 1. The fourth-order valence-electron chi connectivity index (χ4n) is 3.36. The second-order valence-electron chi connectivity index (χ2n) is 6.34. The first-order chi connectivity index (χ1) is 11.2. The summed E-state index contributed by atoms with van der Waals surface area (Å²) in [6.07, 6.45) is 6.28. The summed E-state index contributed by atoms with van der Waals surface area (Å²) in [4.78, 5) is 25.0. The monoisotopic (exact) mass is 320 g/mol. The highest BCUT2D eigenvalue weighted by Crippen LogP contribution is 2.24. The van der Waals surface area contributed by atoms with Gasteiger partial charge in [-0.05, 0) is 31.6 Å². The molecule has 2 N–H and O–H groups in total. The Labute approximate surface area is 136 Å². The van der Waals surface area contributed by atoms with E-state index in [4.69, 9.17) is 5.11 Å². The normalized spacial score (nSPS) is 20.8. The van der Waals surface area contributed by atoms with Crippen molar-refractivity contribution in [2.75, 3.05) is 37.7 Å². The van der Waals surface area contributed by atoms with Crippen molar-refractivity contribution in [3.8, 4) is 0 Å². The minimum atomic E-state index is -0.647. The average molecular weight is 320 g/mol. The molecule has 7 heteroatoms. The van der Waals surface area contributed by atoms with Gasteiger partial charge in [0.2, 0.25) is 0 Å². The van der Waals surface area contributed by atoms with Crippen molar-refractivity contribution in [2.45, 2.75) is 31.8 Å². The van der Waals surface area contributed by atoms with Crippen LogP contribution in [0.4, 0.5) is 5.82 Å². The third-order valence-electron chi connectivity index (χ3n) is 4.83. The van der Waals surface area contributed by atoms with E-state index in [2.05, 4.69) is 14.9 Å². The van der Waals surface area contributed by atoms with E-state index in [0.29, 0.717) is 11.5 Å². The second-order valence-corrected chi connectivity index (χ2v) is 6.34. The van der Waals surface area contributed by atoms with Crippen molar-refractivity contribution in [1.29, 1.82) is 0 Å². The van der Waals surface area contributed by atoms with Gasteiger partial charge in [0.1, 0.15) is 11.5 Å². The number of carbonyl (C=O) groups excluding carboxylic acids is 1. The maximum atomic E-state index is 12.4. The molecule has 2 fully saturated rings. The molecule has 1 unspecified atom stereocenters. The topological polar surface area (TPSA) is 89.8 Å². The van der Waals surface area contributed by atoms with E-state index in [1.54, 1.807) is 6.20 Å². The second kappa shape index (κ2) is 7.23. The summed E-state index contributed by atoms with van der Waals surface area (Å²) in [5.74, 6) is 0.799. The lowest BCUT2D eigenvalue weighted by Crippen LogP contribution is -2.39. The molecule has 23 heavy (non-hydrogen) atoms. The third-order valence-corrected chi connectivity index (χ3v) is 4.83. The van der Waals surface area contributed by atoms with Crippen LogP contribution in [0.15, 0.2) is 12.4 Å². The Kier molecular flexibility index (Phi) is 5.07. The number of hydrogen-bond acceptors (Lipinski definition) is 6. The molecule has 0 aliphatic carbocycles. The molecule has 126 valence electrons. The number of nitrogens with zero attached hydrogens (tertiary/aromatic N) is 4. The molecule has 3 rings (SSSR count). The molecular formula is C16H24N4O3. The van der Waals surface area contributed by atoms with Gasteiger partial charge in [0.05, 0.1) is 25.1 Å². The van der Waals surface area contributed by atoms with Gasteiger partial charge < -0.3 is 20.0 Å². The fourth-order valence-corrected chi connectivity index (χ4v) is 3.36. The lowest BCUT2D eigenvalue weighted by Gasteiger charge is -2.34. The Morgan fingerprint density at radius 3 is 2.57 bits per heavy atom. The van der Waals surface area contributed by atoms with Gasteiger partial charge in [0.15, 0.2) is 0 Å². The molecule has 2 aliphatic rings. The number of aromatic nitrogens is 2. The molecule has 3 heterocycles. The van der Waals surface area contributed by atoms with E-state index in [-0.39, 0.29) is 18.4 Å². The van der Waals surface area contributed by atoms with Gasteiger partial charge in [-0.15, -0.1) is 0 Å². The highest BCUT2D eigenvalue weighted by molar-refractivity contribution is 5.92. The van der Waals surface area contributed by atoms with Crippen molar-refractivity contribution >= 4 is 11.7 Å². The lowest BCUT2D eigenvalue weighted by molar-refractivity contribution is 0.0376. The Morgan fingerprint density at radius 1 is 1.22 bits per heavy atom. The molecule has 2 saturated heterocycles. The van der Waals surface area contributed by atoms with Gasteiger partial charge in [-0.2, -0.15) is 0 Å². The molecule has 1 amide bonds. The van der Waals surface area contributed by atoms with Crippen molar-refractivity contribution < 1.29 is 15.0 Å². The largest absolute Gasteiger partial charge is 0.394 e. The smallest absolute Gasteiger partial charge is 0.274 e. The summed E-state index contributed by atoms with van der Waals surface area (Å²) in [6, 6.07) is 0. The average Bonchev–Trinajstić information content (AvgIpc) is 3.15. The zero-order chi connectivity index (χ0) is 16.2. The predicted octanol–water partition coefficient (Wildman–Crippen LogP) is 0.282. The summed E-state index contributed by atoms with van der Waals surface area (Å²) < 4.78 is 0. The van der Waals surface area contributed by atoms with Crippen LogP contribution in [0.3, 0.4) is 0 Å². The van der Waals surface area contributed by atoms with Crippen LogP contribution in [0.25, 0.3) is 0 Å². The van der Waals surface area contributed by atoms with Crippen LogP contribution >= 0.6 is 0 Å².